The van der Waals surface area contributed by atoms with Crippen LogP contribution in [0.25, 0.3) is 0 Å². The summed E-state index contributed by atoms with van der Waals surface area (Å²) in [5.74, 6) is 0. The number of nitrogens with zero attached hydrogens (tertiary/aromatic N) is 1. The Morgan fingerprint density at radius 1 is 1.24 bits per heavy atom. The number of halogens is 3. The molecule has 0 aromatic heterocycles. The maximum Gasteiger partial charge on any atom is 0.416 e. The Morgan fingerprint density at radius 3 is 2.67 bits per heavy atom. The molecule has 21 heavy (non-hydrogen) atoms. The maximum absolute atomic E-state index is 12.9. The van der Waals surface area contributed by atoms with Crippen LogP contribution in [-0.2, 0) is 17.5 Å². The van der Waals surface area contributed by atoms with Gasteiger partial charge in [-0.05, 0) is 44.4 Å². The lowest BCUT2D eigenvalue weighted by atomic mass is 10.0. The van der Waals surface area contributed by atoms with Gasteiger partial charge in [0.15, 0.2) is 0 Å². The standard InChI is InChI=1S/C16H22F3NO/c1-20(10-9-14-7-4-5-11-21-14)12-13-6-2-3-8-15(13)16(17,18)19/h2-3,6,8,14H,4-5,7,9-12H2,1H3. The normalized spacial score (nSPS) is 20.0. The molecule has 0 bridgehead atoms. The van der Waals surface area contributed by atoms with Gasteiger partial charge >= 0.3 is 6.18 Å². The summed E-state index contributed by atoms with van der Waals surface area (Å²) in [6.45, 7) is 1.87. The molecule has 5 heteroatoms. The first-order valence-corrected chi connectivity index (χ1v) is 7.42. The Hall–Kier alpha value is -1.07. The first kappa shape index (κ1) is 16.3. The Bertz CT molecular complexity index is 441. The molecule has 1 aliphatic heterocycles. The van der Waals surface area contributed by atoms with E-state index in [4.69, 9.17) is 4.74 Å². The molecule has 1 aromatic carbocycles. The average molecular weight is 301 g/mol. The second-order valence-corrected chi connectivity index (χ2v) is 5.67. The zero-order chi connectivity index (χ0) is 15.3. The van der Waals surface area contributed by atoms with Crippen molar-refractivity contribution in [2.24, 2.45) is 0 Å². The zero-order valence-corrected chi connectivity index (χ0v) is 12.3. The smallest absolute Gasteiger partial charge is 0.378 e. The summed E-state index contributed by atoms with van der Waals surface area (Å²) >= 11 is 0. The van der Waals surface area contributed by atoms with E-state index in [0.29, 0.717) is 12.1 Å². The van der Waals surface area contributed by atoms with Gasteiger partial charge in [0.1, 0.15) is 0 Å². The minimum Gasteiger partial charge on any atom is -0.378 e. The largest absolute Gasteiger partial charge is 0.416 e. The highest BCUT2D eigenvalue weighted by Crippen LogP contribution is 2.32. The SMILES string of the molecule is CN(CCC1CCCCO1)Cc1ccccc1C(F)(F)F. The highest BCUT2D eigenvalue weighted by atomic mass is 19.4. The molecule has 0 saturated carbocycles. The molecule has 0 spiro atoms. The molecule has 1 fully saturated rings. The van der Waals surface area contributed by atoms with Gasteiger partial charge in [0.2, 0.25) is 0 Å². The third-order valence-electron chi connectivity index (χ3n) is 3.87. The molecule has 118 valence electrons. The van der Waals surface area contributed by atoms with Crippen LogP contribution in [0.5, 0.6) is 0 Å². The van der Waals surface area contributed by atoms with Crippen LogP contribution in [0.15, 0.2) is 24.3 Å². The molecule has 1 heterocycles. The molecule has 0 radical (unpaired) electrons. The van der Waals surface area contributed by atoms with Gasteiger partial charge in [-0.1, -0.05) is 18.2 Å². The highest BCUT2D eigenvalue weighted by Gasteiger charge is 2.33. The Morgan fingerprint density at radius 2 is 2.00 bits per heavy atom. The molecule has 0 N–H and O–H groups in total. The van der Waals surface area contributed by atoms with Gasteiger partial charge in [-0.2, -0.15) is 13.2 Å². The third-order valence-corrected chi connectivity index (χ3v) is 3.87. The van der Waals surface area contributed by atoms with Crippen LogP contribution in [0.4, 0.5) is 13.2 Å². The van der Waals surface area contributed by atoms with Crippen molar-refractivity contribution in [1.29, 1.82) is 0 Å². The van der Waals surface area contributed by atoms with Crippen molar-refractivity contribution >= 4 is 0 Å². The lowest BCUT2D eigenvalue weighted by Gasteiger charge is -2.25. The molecule has 0 amide bonds. The van der Waals surface area contributed by atoms with Crippen molar-refractivity contribution in [3.63, 3.8) is 0 Å². The molecule has 2 rings (SSSR count). The molecule has 1 atom stereocenters. The lowest BCUT2D eigenvalue weighted by Crippen LogP contribution is -2.27. The van der Waals surface area contributed by atoms with Crippen LogP contribution in [0, 0.1) is 0 Å². The lowest BCUT2D eigenvalue weighted by molar-refractivity contribution is -0.138. The van der Waals surface area contributed by atoms with Gasteiger partial charge < -0.3 is 9.64 Å². The van der Waals surface area contributed by atoms with Crippen LogP contribution in [0.2, 0.25) is 0 Å². The summed E-state index contributed by atoms with van der Waals surface area (Å²) in [6.07, 6.45) is 0.220. The summed E-state index contributed by atoms with van der Waals surface area (Å²) in [5, 5.41) is 0. The summed E-state index contributed by atoms with van der Waals surface area (Å²) in [5.41, 5.74) is -0.206. The summed E-state index contributed by atoms with van der Waals surface area (Å²) in [4.78, 5) is 1.93. The number of rotatable bonds is 5. The topological polar surface area (TPSA) is 12.5 Å². The number of hydrogen-bond donors (Lipinski definition) is 0. The second kappa shape index (κ2) is 7.27. The van der Waals surface area contributed by atoms with E-state index in [9.17, 15) is 13.2 Å². The summed E-state index contributed by atoms with van der Waals surface area (Å²) < 4.78 is 44.5. The van der Waals surface area contributed by atoms with Crippen molar-refractivity contribution in [3.05, 3.63) is 35.4 Å². The summed E-state index contributed by atoms with van der Waals surface area (Å²) in [6, 6.07) is 5.79. The number of ether oxygens (including phenoxy) is 1. The predicted molar refractivity (Wildman–Crippen MR) is 76.0 cm³/mol. The van der Waals surface area contributed by atoms with Crippen LogP contribution in [-0.4, -0.2) is 31.2 Å². The molecule has 2 nitrogen and oxygen atoms in total. The zero-order valence-electron chi connectivity index (χ0n) is 12.3. The van der Waals surface area contributed by atoms with Gasteiger partial charge in [-0.3, -0.25) is 0 Å². The molecule has 1 unspecified atom stereocenters. The Kier molecular flexibility index (Phi) is 5.65. The molecule has 1 aliphatic rings. The van der Waals surface area contributed by atoms with E-state index in [-0.39, 0.29) is 6.10 Å². The van der Waals surface area contributed by atoms with Gasteiger partial charge in [0, 0.05) is 19.7 Å². The van der Waals surface area contributed by atoms with Crippen molar-refractivity contribution in [1.82, 2.24) is 4.90 Å². The fourth-order valence-electron chi connectivity index (χ4n) is 2.70. The van der Waals surface area contributed by atoms with E-state index >= 15 is 0 Å². The van der Waals surface area contributed by atoms with E-state index in [1.807, 2.05) is 11.9 Å². The van der Waals surface area contributed by atoms with Crippen molar-refractivity contribution < 1.29 is 17.9 Å². The van der Waals surface area contributed by atoms with Crippen molar-refractivity contribution in [2.45, 2.75) is 44.5 Å². The van der Waals surface area contributed by atoms with Gasteiger partial charge in [-0.15, -0.1) is 0 Å². The maximum atomic E-state index is 12.9. The first-order valence-electron chi connectivity index (χ1n) is 7.42. The second-order valence-electron chi connectivity index (χ2n) is 5.67. The third kappa shape index (κ3) is 5.00. The van der Waals surface area contributed by atoms with Gasteiger partial charge in [0.05, 0.1) is 11.7 Å². The van der Waals surface area contributed by atoms with Crippen LogP contribution >= 0.6 is 0 Å². The molecule has 1 saturated heterocycles. The molecule has 1 aromatic rings. The first-order chi connectivity index (χ1) is 9.97. The molecular formula is C16H22F3NO. The van der Waals surface area contributed by atoms with Crippen LogP contribution in [0.1, 0.15) is 36.8 Å². The monoisotopic (exact) mass is 301 g/mol. The fraction of sp³-hybridized carbons (Fsp3) is 0.625. The van der Waals surface area contributed by atoms with E-state index < -0.39 is 11.7 Å². The number of alkyl halides is 3. The highest BCUT2D eigenvalue weighted by molar-refractivity contribution is 5.29. The van der Waals surface area contributed by atoms with E-state index in [1.54, 1.807) is 12.1 Å². The minimum atomic E-state index is -4.29. The Labute approximate surface area is 123 Å². The predicted octanol–water partition coefficient (Wildman–Crippen LogP) is 4.10. The summed E-state index contributed by atoms with van der Waals surface area (Å²) in [7, 11) is 1.86. The minimum absolute atomic E-state index is 0.263. The Balaban J connectivity index is 1.89. The van der Waals surface area contributed by atoms with Gasteiger partial charge in [-0.25, -0.2) is 0 Å². The van der Waals surface area contributed by atoms with Gasteiger partial charge in [0.25, 0.3) is 0 Å². The van der Waals surface area contributed by atoms with Crippen molar-refractivity contribution in [3.8, 4) is 0 Å². The average Bonchev–Trinajstić information content (AvgIpc) is 2.46. The van der Waals surface area contributed by atoms with E-state index in [1.165, 1.54) is 12.5 Å². The quantitative estimate of drug-likeness (QED) is 0.812. The number of hydrogen-bond acceptors (Lipinski definition) is 2. The van der Waals surface area contributed by atoms with E-state index in [2.05, 4.69) is 0 Å². The molecule has 0 aliphatic carbocycles. The van der Waals surface area contributed by atoms with Crippen molar-refractivity contribution in [2.75, 3.05) is 20.2 Å². The van der Waals surface area contributed by atoms with Crippen LogP contribution in [0.3, 0.4) is 0 Å². The molecular weight excluding hydrogens is 279 g/mol. The van der Waals surface area contributed by atoms with E-state index in [0.717, 1.165) is 38.5 Å². The number of benzene rings is 1. The fourth-order valence-corrected chi connectivity index (χ4v) is 2.70. The van der Waals surface area contributed by atoms with Crippen LogP contribution < -0.4 is 0 Å².